The second kappa shape index (κ2) is 5.51. The van der Waals surface area contributed by atoms with Gasteiger partial charge in [-0.05, 0) is 30.5 Å². The molecular weight excluding hydrogens is 365 g/mol. The third kappa shape index (κ3) is 3.54. The number of hydrogen-bond acceptors (Lipinski definition) is 3. The van der Waals surface area contributed by atoms with Crippen molar-refractivity contribution >= 4 is 46.4 Å². The molecular formula is C12H12INOS2. The highest BCUT2D eigenvalue weighted by atomic mass is 127. The standard InChI is InChI=1S/C12H12INOS2/c1-10-4-6-12(7-5-10)17(13,15)14-9-11-3-2-8-16-11/h2-9,15H,1H3/b14-9+. The maximum absolute atomic E-state index is 10.4. The van der Waals surface area contributed by atoms with E-state index in [4.69, 9.17) is 0 Å². The van der Waals surface area contributed by atoms with E-state index in [-0.39, 0.29) is 0 Å². The van der Waals surface area contributed by atoms with Gasteiger partial charge in [0.05, 0.1) is 6.21 Å². The van der Waals surface area contributed by atoms with Gasteiger partial charge in [0.25, 0.3) is 0 Å². The molecule has 0 spiro atoms. The summed E-state index contributed by atoms with van der Waals surface area (Å²) in [5.74, 6) is 0. The van der Waals surface area contributed by atoms with Gasteiger partial charge in [-0.15, -0.1) is 11.3 Å². The third-order valence-corrected chi connectivity index (χ3v) is 6.46. The van der Waals surface area contributed by atoms with Gasteiger partial charge in [-0.1, -0.05) is 23.8 Å². The van der Waals surface area contributed by atoms with Gasteiger partial charge in [-0.25, -0.2) is 4.40 Å². The van der Waals surface area contributed by atoms with E-state index in [0.717, 1.165) is 9.77 Å². The van der Waals surface area contributed by atoms with E-state index in [0.29, 0.717) is 0 Å². The number of hydrogen-bond donors (Lipinski definition) is 1. The van der Waals surface area contributed by atoms with Crippen molar-refractivity contribution < 1.29 is 4.55 Å². The van der Waals surface area contributed by atoms with Crippen LogP contribution in [0.4, 0.5) is 0 Å². The lowest BCUT2D eigenvalue weighted by atomic mass is 10.2. The average Bonchev–Trinajstić information content (AvgIpc) is 2.80. The second-order valence-electron chi connectivity index (χ2n) is 3.54. The predicted octanol–water partition coefficient (Wildman–Crippen LogP) is 5.08. The first-order chi connectivity index (χ1) is 8.08. The van der Waals surface area contributed by atoms with Crippen LogP contribution in [0.1, 0.15) is 10.4 Å². The van der Waals surface area contributed by atoms with Crippen molar-refractivity contribution in [1.29, 1.82) is 0 Å². The molecule has 0 radical (unpaired) electrons. The summed E-state index contributed by atoms with van der Waals surface area (Å²) in [6.07, 6.45) is 1.74. The maximum atomic E-state index is 10.4. The Bertz CT molecular complexity index is 506. The minimum Gasteiger partial charge on any atom is -0.320 e. The molecule has 2 rings (SSSR count). The van der Waals surface area contributed by atoms with Crippen molar-refractivity contribution in [2.24, 2.45) is 4.40 Å². The zero-order valence-electron chi connectivity index (χ0n) is 9.21. The van der Waals surface area contributed by atoms with E-state index in [1.165, 1.54) is 5.56 Å². The zero-order valence-corrected chi connectivity index (χ0v) is 13.0. The van der Waals surface area contributed by atoms with E-state index in [2.05, 4.69) is 4.40 Å². The Morgan fingerprint density at radius 2 is 2.00 bits per heavy atom. The molecule has 0 aliphatic heterocycles. The highest BCUT2D eigenvalue weighted by Crippen LogP contribution is 2.60. The highest BCUT2D eigenvalue weighted by molar-refractivity contribution is 14.2. The monoisotopic (exact) mass is 377 g/mol. The molecule has 0 amide bonds. The van der Waals surface area contributed by atoms with Crippen LogP contribution in [0.2, 0.25) is 0 Å². The van der Waals surface area contributed by atoms with E-state index in [1.54, 1.807) is 17.6 Å². The average molecular weight is 377 g/mol. The smallest absolute Gasteiger partial charge is 0.0540 e. The summed E-state index contributed by atoms with van der Waals surface area (Å²) in [5, 5.41) is 1.99. The van der Waals surface area contributed by atoms with E-state index in [9.17, 15) is 4.55 Å². The van der Waals surface area contributed by atoms with Crippen molar-refractivity contribution in [2.75, 3.05) is 0 Å². The van der Waals surface area contributed by atoms with Gasteiger partial charge in [-0.3, -0.25) is 0 Å². The molecule has 2 nitrogen and oxygen atoms in total. The largest absolute Gasteiger partial charge is 0.320 e. The summed E-state index contributed by atoms with van der Waals surface area (Å²) < 4.78 is 14.7. The minimum absolute atomic E-state index is 0.872. The Kier molecular flexibility index (Phi) is 4.24. The molecule has 1 aromatic heterocycles. The Morgan fingerprint density at radius 3 is 2.59 bits per heavy atom. The van der Waals surface area contributed by atoms with Crippen LogP contribution >= 0.6 is 40.2 Å². The summed E-state index contributed by atoms with van der Waals surface area (Å²) in [5.41, 5.74) is 1.18. The SMILES string of the molecule is Cc1ccc(S(O)(I)/N=C/c2cccs2)cc1. The molecule has 2 aromatic rings. The normalized spacial score (nSPS) is 16.9. The predicted molar refractivity (Wildman–Crippen MR) is 85.6 cm³/mol. The molecule has 0 aliphatic rings. The highest BCUT2D eigenvalue weighted by Gasteiger charge is 2.16. The number of benzene rings is 1. The van der Waals surface area contributed by atoms with Crippen LogP contribution in [0.3, 0.4) is 0 Å². The molecule has 1 heterocycles. The van der Waals surface area contributed by atoms with Gasteiger partial charge in [0.1, 0.15) is 0 Å². The van der Waals surface area contributed by atoms with E-state index >= 15 is 0 Å². The van der Waals surface area contributed by atoms with Crippen LogP contribution in [0.5, 0.6) is 0 Å². The van der Waals surface area contributed by atoms with Crippen molar-refractivity contribution in [3.63, 3.8) is 0 Å². The van der Waals surface area contributed by atoms with Crippen LogP contribution in [0, 0.1) is 6.92 Å². The Hall–Kier alpha value is -0.370. The van der Waals surface area contributed by atoms with Crippen LogP contribution in [-0.2, 0) is 0 Å². The van der Waals surface area contributed by atoms with Gasteiger partial charge in [0, 0.05) is 38.6 Å². The van der Waals surface area contributed by atoms with Crippen molar-refractivity contribution in [1.82, 2.24) is 0 Å². The molecule has 1 atom stereocenters. The van der Waals surface area contributed by atoms with Crippen molar-refractivity contribution in [3.8, 4) is 0 Å². The number of aryl methyl sites for hydroxylation is 1. The molecule has 0 saturated heterocycles. The van der Waals surface area contributed by atoms with Crippen LogP contribution in [-0.4, -0.2) is 10.8 Å². The quantitative estimate of drug-likeness (QED) is 0.588. The molecule has 0 bridgehead atoms. The summed E-state index contributed by atoms with van der Waals surface area (Å²) in [6.45, 7) is 2.03. The number of thiophene rings is 1. The van der Waals surface area contributed by atoms with Gasteiger partial charge in [0.15, 0.2) is 0 Å². The summed E-state index contributed by atoms with van der Waals surface area (Å²) in [7, 11) is -2.11. The fourth-order valence-electron chi connectivity index (χ4n) is 1.26. The summed E-state index contributed by atoms with van der Waals surface area (Å²) in [6, 6.07) is 11.8. The number of rotatable bonds is 3. The zero-order chi connectivity index (χ0) is 12.3. The fraction of sp³-hybridized carbons (Fsp3) is 0.0833. The molecule has 90 valence electrons. The Morgan fingerprint density at radius 1 is 1.29 bits per heavy atom. The van der Waals surface area contributed by atoms with Crippen molar-refractivity contribution in [3.05, 3.63) is 52.2 Å². The van der Waals surface area contributed by atoms with Crippen LogP contribution in [0.15, 0.2) is 51.1 Å². The second-order valence-corrected chi connectivity index (χ2v) is 9.85. The molecule has 0 fully saturated rings. The molecule has 1 N–H and O–H groups in total. The van der Waals surface area contributed by atoms with E-state index in [1.807, 2.05) is 69.9 Å². The first-order valence-corrected chi connectivity index (χ1v) is 9.96. The molecule has 1 unspecified atom stereocenters. The molecule has 1 aromatic carbocycles. The van der Waals surface area contributed by atoms with E-state index < -0.39 is 7.67 Å². The lowest BCUT2D eigenvalue weighted by Crippen LogP contribution is -1.88. The minimum atomic E-state index is -2.11. The maximum Gasteiger partial charge on any atom is 0.0540 e. The van der Waals surface area contributed by atoms with Gasteiger partial charge < -0.3 is 4.55 Å². The molecule has 0 aliphatic carbocycles. The fourth-order valence-corrected chi connectivity index (χ4v) is 3.99. The lowest BCUT2D eigenvalue weighted by Gasteiger charge is -2.21. The topological polar surface area (TPSA) is 32.6 Å². The van der Waals surface area contributed by atoms with Gasteiger partial charge in [-0.2, -0.15) is 0 Å². The molecule has 17 heavy (non-hydrogen) atoms. The van der Waals surface area contributed by atoms with Gasteiger partial charge in [0.2, 0.25) is 0 Å². The molecule has 5 heteroatoms. The third-order valence-electron chi connectivity index (χ3n) is 2.18. The summed E-state index contributed by atoms with van der Waals surface area (Å²) >= 11 is 3.63. The summed E-state index contributed by atoms with van der Waals surface area (Å²) in [4.78, 5) is 1.93. The molecule has 0 saturated carbocycles. The van der Waals surface area contributed by atoms with Crippen LogP contribution < -0.4 is 0 Å². The number of nitrogens with zero attached hydrogens (tertiary/aromatic N) is 1. The van der Waals surface area contributed by atoms with Gasteiger partial charge >= 0.3 is 0 Å². The van der Waals surface area contributed by atoms with Crippen LogP contribution in [0.25, 0.3) is 0 Å². The Labute approximate surface area is 119 Å². The van der Waals surface area contributed by atoms with Crippen molar-refractivity contribution in [2.45, 2.75) is 11.8 Å². The lowest BCUT2D eigenvalue weighted by molar-refractivity contribution is 0.645. The number of halogens is 1. The first kappa shape index (κ1) is 13.1. The first-order valence-electron chi connectivity index (χ1n) is 4.99. The Balaban J connectivity index is 2.21.